The van der Waals surface area contributed by atoms with Gasteiger partial charge in [0.05, 0.1) is 12.0 Å². The summed E-state index contributed by atoms with van der Waals surface area (Å²) in [4.78, 5) is 12.7. The van der Waals surface area contributed by atoms with Crippen LogP contribution < -0.4 is 10.1 Å². The summed E-state index contributed by atoms with van der Waals surface area (Å²) in [6.45, 7) is 2.45. The third-order valence-corrected chi connectivity index (χ3v) is 3.67. The number of rotatable bonds is 4. The Hall–Kier alpha value is -1.81. The highest BCUT2D eigenvalue weighted by molar-refractivity contribution is 7.12. The van der Waals surface area contributed by atoms with Crippen LogP contribution in [0.2, 0.25) is 0 Å². The number of aryl methyl sites for hydroxylation is 1. The number of nitrogens with one attached hydrogen (secondary N) is 1. The molecule has 1 aromatic heterocycles. The van der Waals surface area contributed by atoms with Crippen LogP contribution in [0.4, 0.5) is 0 Å². The van der Waals surface area contributed by atoms with Crippen molar-refractivity contribution in [2.45, 2.75) is 13.5 Å². The zero-order valence-electron chi connectivity index (χ0n) is 10.4. The molecular weight excluding hydrogens is 246 g/mol. The summed E-state index contributed by atoms with van der Waals surface area (Å²) in [5.41, 5.74) is 2.04. The van der Waals surface area contributed by atoms with Crippen molar-refractivity contribution in [2.24, 2.45) is 0 Å². The monoisotopic (exact) mass is 261 g/mol. The molecule has 94 valence electrons. The van der Waals surface area contributed by atoms with E-state index >= 15 is 0 Å². The lowest BCUT2D eigenvalue weighted by atomic mass is 10.2. The molecule has 4 heteroatoms. The quantitative estimate of drug-likeness (QED) is 0.918. The number of ether oxygens (including phenoxy) is 1. The molecule has 0 radical (unpaired) electrons. The van der Waals surface area contributed by atoms with E-state index < -0.39 is 0 Å². The van der Waals surface area contributed by atoms with Crippen molar-refractivity contribution in [3.05, 3.63) is 51.7 Å². The van der Waals surface area contributed by atoms with Gasteiger partial charge in [0.15, 0.2) is 0 Å². The third kappa shape index (κ3) is 2.90. The maximum atomic E-state index is 11.9. The minimum absolute atomic E-state index is 0.0229. The molecule has 0 unspecified atom stereocenters. The fraction of sp³-hybridized carbons (Fsp3) is 0.214. The van der Waals surface area contributed by atoms with Crippen LogP contribution in [-0.2, 0) is 6.54 Å². The Bertz CT molecular complexity index is 548. The van der Waals surface area contributed by atoms with E-state index in [1.165, 1.54) is 11.3 Å². The SMILES string of the molecule is COc1cccc(CNC(=O)c2sccc2C)c1. The van der Waals surface area contributed by atoms with Crippen LogP contribution in [0.25, 0.3) is 0 Å². The summed E-state index contributed by atoms with van der Waals surface area (Å²) >= 11 is 1.46. The summed E-state index contributed by atoms with van der Waals surface area (Å²) in [6, 6.07) is 9.63. The van der Waals surface area contributed by atoms with Crippen molar-refractivity contribution >= 4 is 17.2 Å². The van der Waals surface area contributed by atoms with Crippen LogP contribution in [0, 0.1) is 6.92 Å². The average Bonchev–Trinajstić information content (AvgIpc) is 2.82. The highest BCUT2D eigenvalue weighted by atomic mass is 32.1. The van der Waals surface area contributed by atoms with Crippen molar-refractivity contribution in [3.63, 3.8) is 0 Å². The molecule has 0 aliphatic heterocycles. The van der Waals surface area contributed by atoms with E-state index in [0.717, 1.165) is 21.8 Å². The maximum absolute atomic E-state index is 11.9. The van der Waals surface area contributed by atoms with E-state index in [-0.39, 0.29) is 5.91 Å². The first-order valence-electron chi connectivity index (χ1n) is 5.66. The Morgan fingerprint density at radius 2 is 2.22 bits per heavy atom. The normalized spacial score (nSPS) is 10.1. The fourth-order valence-electron chi connectivity index (χ4n) is 1.65. The number of hydrogen-bond donors (Lipinski definition) is 1. The van der Waals surface area contributed by atoms with Gasteiger partial charge in [0.2, 0.25) is 0 Å². The summed E-state index contributed by atoms with van der Waals surface area (Å²) < 4.78 is 5.14. The largest absolute Gasteiger partial charge is 0.497 e. The molecule has 1 aromatic carbocycles. The molecule has 2 rings (SSSR count). The molecule has 1 amide bonds. The lowest BCUT2D eigenvalue weighted by Crippen LogP contribution is -2.22. The molecule has 2 aromatic rings. The first-order valence-corrected chi connectivity index (χ1v) is 6.54. The van der Waals surface area contributed by atoms with Gasteiger partial charge in [-0.05, 0) is 41.6 Å². The minimum Gasteiger partial charge on any atom is -0.497 e. The number of benzene rings is 1. The predicted molar refractivity (Wildman–Crippen MR) is 73.2 cm³/mol. The van der Waals surface area contributed by atoms with Gasteiger partial charge in [-0.25, -0.2) is 0 Å². The fourth-order valence-corrected chi connectivity index (χ4v) is 2.49. The number of amides is 1. The van der Waals surface area contributed by atoms with Gasteiger partial charge in [0.25, 0.3) is 5.91 Å². The number of thiophene rings is 1. The molecule has 0 spiro atoms. The van der Waals surface area contributed by atoms with Gasteiger partial charge in [0, 0.05) is 6.54 Å². The van der Waals surface area contributed by atoms with E-state index in [9.17, 15) is 4.79 Å². The van der Waals surface area contributed by atoms with E-state index in [2.05, 4.69) is 5.32 Å². The molecular formula is C14H15NO2S. The van der Waals surface area contributed by atoms with Crippen LogP contribution >= 0.6 is 11.3 Å². The molecule has 0 atom stereocenters. The van der Waals surface area contributed by atoms with Crippen LogP contribution in [0.3, 0.4) is 0 Å². The van der Waals surface area contributed by atoms with Gasteiger partial charge in [0.1, 0.15) is 5.75 Å². The van der Waals surface area contributed by atoms with Crippen molar-refractivity contribution < 1.29 is 9.53 Å². The molecule has 3 nitrogen and oxygen atoms in total. The molecule has 0 bridgehead atoms. The van der Waals surface area contributed by atoms with Gasteiger partial charge in [-0.3, -0.25) is 4.79 Å². The van der Waals surface area contributed by atoms with Crippen molar-refractivity contribution in [2.75, 3.05) is 7.11 Å². The van der Waals surface area contributed by atoms with Gasteiger partial charge in [-0.15, -0.1) is 11.3 Å². The lowest BCUT2D eigenvalue weighted by Gasteiger charge is -2.06. The van der Waals surface area contributed by atoms with Gasteiger partial charge < -0.3 is 10.1 Å². The Balaban J connectivity index is 1.99. The molecule has 0 aliphatic carbocycles. The standard InChI is InChI=1S/C14H15NO2S/c1-10-6-7-18-13(10)14(16)15-9-11-4-3-5-12(8-11)17-2/h3-8H,9H2,1-2H3,(H,15,16). The predicted octanol–water partition coefficient (Wildman–Crippen LogP) is 3.00. The highest BCUT2D eigenvalue weighted by Gasteiger charge is 2.09. The van der Waals surface area contributed by atoms with Gasteiger partial charge in [-0.1, -0.05) is 12.1 Å². The van der Waals surface area contributed by atoms with Crippen molar-refractivity contribution in [1.29, 1.82) is 0 Å². The molecule has 0 aliphatic rings. The van der Waals surface area contributed by atoms with Gasteiger partial charge in [-0.2, -0.15) is 0 Å². The Labute approximate surface area is 110 Å². The zero-order chi connectivity index (χ0) is 13.0. The van der Waals surface area contributed by atoms with Crippen LogP contribution in [0.5, 0.6) is 5.75 Å². The minimum atomic E-state index is -0.0229. The van der Waals surface area contributed by atoms with E-state index in [4.69, 9.17) is 4.74 Å². The third-order valence-electron chi connectivity index (χ3n) is 2.66. The number of carbonyl (C=O) groups is 1. The number of methoxy groups -OCH3 is 1. The Morgan fingerprint density at radius 1 is 1.39 bits per heavy atom. The van der Waals surface area contributed by atoms with E-state index in [1.807, 2.05) is 42.6 Å². The van der Waals surface area contributed by atoms with Gasteiger partial charge >= 0.3 is 0 Å². The van der Waals surface area contributed by atoms with E-state index in [0.29, 0.717) is 6.54 Å². The second kappa shape index (κ2) is 5.69. The highest BCUT2D eigenvalue weighted by Crippen LogP contribution is 2.16. The number of carbonyl (C=O) groups excluding carboxylic acids is 1. The lowest BCUT2D eigenvalue weighted by molar-refractivity contribution is 0.0954. The topological polar surface area (TPSA) is 38.3 Å². The summed E-state index contributed by atoms with van der Waals surface area (Å²) in [6.07, 6.45) is 0. The van der Waals surface area contributed by atoms with Crippen molar-refractivity contribution in [1.82, 2.24) is 5.32 Å². The average molecular weight is 261 g/mol. The summed E-state index contributed by atoms with van der Waals surface area (Å²) in [7, 11) is 1.63. The summed E-state index contributed by atoms with van der Waals surface area (Å²) in [5, 5.41) is 4.84. The molecule has 0 fully saturated rings. The smallest absolute Gasteiger partial charge is 0.261 e. The molecule has 1 N–H and O–H groups in total. The zero-order valence-corrected chi connectivity index (χ0v) is 11.2. The van der Waals surface area contributed by atoms with Crippen LogP contribution in [0.15, 0.2) is 35.7 Å². The summed E-state index contributed by atoms with van der Waals surface area (Å²) in [5.74, 6) is 0.777. The van der Waals surface area contributed by atoms with Crippen LogP contribution in [-0.4, -0.2) is 13.0 Å². The molecule has 0 saturated carbocycles. The van der Waals surface area contributed by atoms with E-state index in [1.54, 1.807) is 7.11 Å². The molecule has 18 heavy (non-hydrogen) atoms. The Morgan fingerprint density at radius 3 is 2.89 bits per heavy atom. The van der Waals surface area contributed by atoms with Crippen LogP contribution in [0.1, 0.15) is 20.8 Å². The first kappa shape index (κ1) is 12.6. The molecule has 0 saturated heterocycles. The maximum Gasteiger partial charge on any atom is 0.261 e. The molecule has 1 heterocycles. The number of hydrogen-bond acceptors (Lipinski definition) is 3. The second-order valence-corrected chi connectivity index (χ2v) is 4.88. The first-order chi connectivity index (χ1) is 8.70. The second-order valence-electron chi connectivity index (χ2n) is 3.97. The van der Waals surface area contributed by atoms with Crippen molar-refractivity contribution in [3.8, 4) is 5.75 Å². The Kier molecular flexibility index (Phi) is 3.99.